The minimum Gasteiger partial charge on any atom is -0.404 e. The van der Waals surface area contributed by atoms with Crippen LogP contribution in [0.1, 0.15) is 37.7 Å². The third-order valence-electron chi connectivity index (χ3n) is 4.39. The molecule has 25 heavy (non-hydrogen) atoms. The Hall–Kier alpha value is -1.54. The molecule has 0 radical (unpaired) electrons. The number of hydrogen-bond donors (Lipinski definition) is 1. The molecule has 1 fully saturated rings. The number of hydrogen-bond acceptors (Lipinski definition) is 4. The molecule has 1 atom stereocenters. The molecule has 0 amide bonds. The molecular formula is C17H21F3O4S. The van der Waals surface area contributed by atoms with E-state index in [2.05, 4.69) is 11.3 Å². The van der Waals surface area contributed by atoms with Crippen LogP contribution in [0.2, 0.25) is 0 Å². The van der Waals surface area contributed by atoms with Crippen molar-refractivity contribution in [1.29, 1.82) is 0 Å². The van der Waals surface area contributed by atoms with Crippen molar-refractivity contribution in [2.75, 3.05) is 6.26 Å². The van der Waals surface area contributed by atoms with Gasteiger partial charge in [0.1, 0.15) is 10.6 Å². The molecule has 1 saturated carbocycles. The number of aliphatic hydroxyl groups is 1. The molecule has 1 unspecified atom stereocenters. The molecule has 1 aliphatic carbocycles. The number of aliphatic hydroxyl groups excluding tert-OH is 1. The first-order valence-electron chi connectivity index (χ1n) is 7.96. The number of benzene rings is 1. The lowest BCUT2D eigenvalue weighted by Crippen LogP contribution is -2.24. The molecule has 1 aromatic rings. The zero-order valence-electron chi connectivity index (χ0n) is 13.8. The van der Waals surface area contributed by atoms with Crippen molar-refractivity contribution in [3.8, 4) is 5.75 Å². The average Bonchev–Trinajstić information content (AvgIpc) is 2.51. The SMILES string of the molecule is C=C(c1ccc(S(C)(=O)=O)c(OC(F)(F)F)c1)C(O)C1CCCCC1. The number of rotatable bonds is 5. The normalized spacial score (nSPS) is 18.0. The van der Waals surface area contributed by atoms with Crippen molar-refractivity contribution in [2.45, 2.75) is 49.5 Å². The first kappa shape index (κ1) is 19.8. The van der Waals surface area contributed by atoms with Crippen LogP contribution in [0, 0.1) is 5.92 Å². The Morgan fingerprint density at radius 3 is 2.40 bits per heavy atom. The van der Waals surface area contributed by atoms with Gasteiger partial charge >= 0.3 is 6.36 Å². The zero-order chi connectivity index (χ0) is 18.8. The Kier molecular flexibility index (Phi) is 5.83. The number of alkyl halides is 3. The highest BCUT2D eigenvalue weighted by Crippen LogP contribution is 2.36. The van der Waals surface area contributed by atoms with E-state index in [0.717, 1.165) is 50.5 Å². The van der Waals surface area contributed by atoms with E-state index in [1.54, 1.807) is 0 Å². The first-order chi connectivity index (χ1) is 11.5. The molecule has 8 heteroatoms. The van der Waals surface area contributed by atoms with Gasteiger partial charge in [-0.25, -0.2) is 8.42 Å². The fraction of sp³-hybridized carbons (Fsp3) is 0.529. The third kappa shape index (κ3) is 5.22. The molecule has 0 saturated heterocycles. The molecular weight excluding hydrogens is 357 g/mol. The topological polar surface area (TPSA) is 63.6 Å². The lowest BCUT2D eigenvalue weighted by Gasteiger charge is -2.28. The van der Waals surface area contributed by atoms with Crippen molar-refractivity contribution >= 4 is 15.4 Å². The van der Waals surface area contributed by atoms with Gasteiger partial charge in [0, 0.05) is 6.26 Å². The molecule has 1 aromatic carbocycles. The minimum atomic E-state index is -5.03. The second kappa shape index (κ2) is 7.37. The smallest absolute Gasteiger partial charge is 0.404 e. The highest BCUT2D eigenvalue weighted by molar-refractivity contribution is 7.90. The van der Waals surface area contributed by atoms with Crippen LogP contribution < -0.4 is 4.74 Å². The second-order valence-corrected chi connectivity index (χ2v) is 8.33. The van der Waals surface area contributed by atoms with Crippen molar-refractivity contribution < 1.29 is 31.4 Å². The van der Waals surface area contributed by atoms with E-state index >= 15 is 0 Å². The predicted molar refractivity (Wildman–Crippen MR) is 87.9 cm³/mol. The Labute approximate surface area is 145 Å². The van der Waals surface area contributed by atoms with Crippen molar-refractivity contribution in [1.82, 2.24) is 0 Å². The Morgan fingerprint density at radius 1 is 1.28 bits per heavy atom. The van der Waals surface area contributed by atoms with E-state index in [-0.39, 0.29) is 17.1 Å². The van der Waals surface area contributed by atoms with Crippen molar-refractivity contribution in [3.05, 3.63) is 30.3 Å². The summed E-state index contributed by atoms with van der Waals surface area (Å²) in [7, 11) is -3.91. The van der Waals surface area contributed by atoms with Crippen molar-refractivity contribution in [3.63, 3.8) is 0 Å². The quantitative estimate of drug-likeness (QED) is 0.843. The molecule has 1 aliphatic rings. The van der Waals surface area contributed by atoms with Gasteiger partial charge < -0.3 is 9.84 Å². The number of sulfone groups is 1. The molecule has 0 spiro atoms. The van der Waals surface area contributed by atoms with E-state index in [1.165, 1.54) is 6.07 Å². The second-order valence-electron chi connectivity index (χ2n) is 6.35. The lowest BCUT2D eigenvalue weighted by molar-refractivity contribution is -0.275. The van der Waals surface area contributed by atoms with Crippen LogP contribution in [0.3, 0.4) is 0 Å². The zero-order valence-corrected chi connectivity index (χ0v) is 14.7. The van der Waals surface area contributed by atoms with E-state index in [1.807, 2.05) is 0 Å². The Bertz CT molecular complexity index is 735. The van der Waals surface area contributed by atoms with Crippen LogP contribution in [0.15, 0.2) is 29.7 Å². The van der Waals surface area contributed by atoms with Gasteiger partial charge in [0.25, 0.3) is 0 Å². The van der Waals surface area contributed by atoms with E-state index in [0.29, 0.717) is 0 Å². The molecule has 2 rings (SSSR count). The molecule has 140 valence electrons. The van der Waals surface area contributed by atoms with Crippen LogP contribution in [0.5, 0.6) is 5.75 Å². The van der Waals surface area contributed by atoms with Gasteiger partial charge in [0.2, 0.25) is 0 Å². The summed E-state index contributed by atoms with van der Waals surface area (Å²) in [4.78, 5) is -0.562. The van der Waals surface area contributed by atoms with Gasteiger partial charge in [0.15, 0.2) is 9.84 Å². The highest BCUT2D eigenvalue weighted by Gasteiger charge is 2.34. The van der Waals surface area contributed by atoms with Crippen LogP contribution in [-0.4, -0.2) is 32.2 Å². The first-order valence-corrected chi connectivity index (χ1v) is 9.85. The monoisotopic (exact) mass is 378 g/mol. The summed E-state index contributed by atoms with van der Waals surface area (Å²) < 4.78 is 65.0. The minimum absolute atomic E-state index is 0.00261. The van der Waals surface area contributed by atoms with Crippen LogP contribution in [-0.2, 0) is 9.84 Å². The highest BCUT2D eigenvalue weighted by atomic mass is 32.2. The van der Waals surface area contributed by atoms with Gasteiger partial charge in [-0.2, -0.15) is 0 Å². The standard InChI is InChI=1S/C17H21F3O4S/c1-11(16(21)12-6-4-3-5-7-12)13-8-9-15(25(2,22)23)14(10-13)24-17(18,19)20/h8-10,12,16,21H,1,3-7H2,2H3. The summed E-state index contributed by atoms with van der Waals surface area (Å²) >= 11 is 0. The summed E-state index contributed by atoms with van der Waals surface area (Å²) in [6.07, 6.45) is -0.375. The summed E-state index contributed by atoms with van der Waals surface area (Å²) in [5, 5.41) is 10.5. The number of ether oxygens (including phenoxy) is 1. The summed E-state index contributed by atoms with van der Waals surface area (Å²) in [5.74, 6) is -0.813. The summed E-state index contributed by atoms with van der Waals surface area (Å²) in [6.45, 7) is 3.79. The molecule has 0 heterocycles. The van der Waals surface area contributed by atoms with Crippen LogP contribution >= 0.6 is 0 Å². The maximum atomic E-state index is 12.6. The molecule has 1 N–H and O–H groups in total. The fourth-order valence-corrected chi connectivity index (χ4v) is 3.91. The Morgan fingerprint density at radius 2 is 1.88 bits per heavy atom. The number of halogens is 3. The van der Waals surface area contributed by atoms with Gasteiger partial charge in [-0.3, -0.25) is 0 Å². The van der Waals surface area contributed by atoms with Crippen molar-refractivity contribution in [2.24, 2.45) is 5.92 Å². The maximum Gasteiger partial charge on any atom is 0.573 e. The van der Waals surface area contributed by atoms with Crippen LogP contribution in [0.25, 0.3) is 5.57 Å². The molecule has 4 nitrogen and oxygen atoms in total. The van der Waals surface area contributed by atoms with Gasteiger partial charge in [-0.05, 0) is 42.0 Å². The largest absolute Gasteiger partial charge is 0.573 e. The van der Waals surface area contributed by atoms with Crippen LogP contribution in [0.4, 0.5) is 13.2 Å². The summed E-state index contributed by atoms with van der Waals surface area (Å²) in [5.41, 5.74) is 0.490. The molecule has 0 aromatic heterocycles. The molecule has 0 aliphatic heterocycles. The summed E-state index contributed by atoms with van der Waals surface area (Å²) in [6, 6.07) is 3.36. The third-order valence-corrected chi connectivity index (χ3v) is 5.53. The lowest BCUT2D eigenvalue weighted by atomic mass is 9.81. The van der Waals surface area contributed by atoms with E-state index < -0.39 is 32.9 Å². The van der Waals surface area contributed by atoms with Gasteiger partial charge in [0.05, 0.1) is 6.10 Å². The Balaban J connectivity index is 2.35. The van der Waals surface area contributed by atoms with Gasteiger partial charge in [-0.1, -0.05) is 31.9 Å². The van der Waals surface area contributed by atoms with Gasteiger partial charge in [-0.15, -0.1) is 13.2 Å². The van der Waals surface area contributed by atoms with E-state index in [9.17, 15) is 26.7 Å². The predicted octanol–water partition coefficient (Wildman–Crippen LogP) is 3.94. The fourth-order valence-electron chi connectivity index (χ4n) is 3.12. The molecule has 0 bridgehead atoms. The maximum absolute atomic E-state index is 12.6. The average molecular weight is 378 g/mol. The van der Waals surface area contributed by atoms with E-state index in [4.69, 9.17) is 0 Å².